The molecule has 1 amide bonds. The van der Waals surface area contributed by atoms with Crippen molar-refractivity contribution in [2.75, 3.05) is 0 Å². The van der Waals surface area contributed by atoms with E-state index >= 15 is 0 Å². The molecule has 0 spiro atoms. The molecule has 0 atom stereocenters. The second-order valence-corrected chi connectivity index (χ2v) is 4.39. The summed E-state index contributed by atoms with van der Waals surface area (Å²) in [7, 11) is 0. The van der Waals surface area contributed by atoms with Gasteiger partial charge in [0.25, 0.3) is 0 Å². The van der Waals surface area contributed by atoms with Gasteiger partial charge >= 0.3 is 0 Å². The third kappa shape index (κ3) is 3.32. The summed E-state index contributed by atoms with van der Waals surface area (Å²) in [5, 5.41) is 8.09. The molecule has 0 aliphatic rings. The van der Waals surface area contributed by atoms with Crippen molar-refractivity contribution < 1.29 is 4.79 Å². The predicted octanol–water partition coefficient (Wildman–Crippen LogP) is 0.914. The van der Waals surface area contributed by atoms with Gasteiger partial charge in [-0.25, -0.2) is 4.68 Å². The van der Waals surface area contributed by atoms with E-state index in [1.165, 1.54) is 0 Å². The van der Waals surface area contributed by atoms with Gasteiger partial charge in [0.1, 0.15) is 0 Å². The minimum atomic E-state index is -0.356. The van der Waals surface area contributed by atoms with Crippen molar-refractivity contribution in [1.29, 1.82) is 0 Å². The number of hydrogen-bond donors (Lipinski definition) is 1. The Morgan fingerprint density at radius 3 is 2.69 bits per heavy atom. The van der Waals surface area contributed by atoms with Crippen molar-refractivity contribution in [3.8, 4) is 0 Å². The van der Waals surface area contributed by atoms with Crippen molar-refractivity contribution in [2.24, 2.45) is 11.7 Å². The van der Waals surface area contributed by atoms with Crippen LogP contribution in [0.5, 0.6) is 0 Å². The Morgan fingerprint density at radius 2 is 2.19 bits per heavy atom. The Hall–Kier alpha value is -1.39. The highest BCUT2D eigenvalue weighted by Gasteiger charge is 2.13. The van der Waals surface area contributed by atoms with Gasteiger partial charge in [-0.3, -0.25) is 4.79 Å². The van der Waals surface area contributed by atoms with Gasteiger partial charge in [0, 0.05) is 6.54 Å². The fourth-order valence-electron chi connectivity index (χ4n) is 1.62. The molecule has 16 heavy (non-hydrogen) atoms. The molecule has 90 valence electrons. The van der Waals surface area contributed by atoms with E-state index in [0.717, 1.165) is 30.8 Å². The molecule has 1 aromatic rings. The molecule has 2 N–H and O–H groups in total. The topological polar surface area (TPSA) is 73.8 Å². The quantitative estimate of drug-likeness (QED) is 0.780. The summed E-state index contributed by atoms with van der Waals surface area (Å²) in [6.45, 7) is 7.24. The molecule has 0 radical (unpaired) electrons. The molecule has 5 nitrogen and oxygen atoms in total. The SMILES string of the molecule is CCc1c(CC(N)=O)nnn1CCC(C)C. The molecule has 0 aromatic carbocycles. The maximum Gasteiger partial charge on any atom is 0.223 e. The van der Waals surface area contributed by atoms with E-state index in [0.29, 0.717) is 5.92 Å². The molecule has 0 aliphatic heterocycles. The van der Waals surface area contributed by atoms with E-state index in [2.05, 4.69) is 24.2 Å². The van der Waals surface area contributed by atoms with Crippen molar-refractivity contribution in [1.82, 2.24) is 15.0 Å². The second-order valence-electron chi connectivity index (χ2n) is 4.39. The minimum absolute atomic E-state index is 0.185. The molecular weight excluding hydrogens is 204 g/mol. The molecule has 1 aromatic heterocycles. The number of primary amides is 1. The van der Waals surface area contributed by atoms with Gasteiger partial charge in [0.15, 0.2) is 0 Å². The molecule has 0 bridgehead atoms. The lowest BCUT2D eigenvalue weighted by atomic mass is 10.1. The number of nitrogens with two attached hydrogens (primary N) is 1. The van der Waals surface area contributed by atoms with Crippen LogP contribution in [0.4, 0.5) is 0 Å². The van der Waals surface area contributed by atoms with Crippen LogP contribution in [0.15, 0.2) is 0 Å². The molecule has 0 unspecified atom stereocenters. The summed E-state index contributed by atoms with van der Waals surface area (Å²) in [5.74, 6) is 0.277. The van der Waals surface area contributed by atoms with E-state index in [1.807, 2.05) is 11.6 Å². The highest BCUT2D eigenvalue weighted by molar-refractivity contribution is 5.76. The number of nitrogens with zero attached hydrogens (tertiary/aromatic N) is 3. The van der Waals surface area contributed by atoms with Crippen LogP contribution >= 0.6 is 0 Å². The third-order valence-corrected chi connectivity index (χ3v) is 2.51. The Labute approximate surface area is 96.0 Å². The van der Waals surface area contributed by atoms with Crippen LogP contribution in [0, 0.1) is 5.92 Å². The van der Waals surface area contributed by atoms with E-state index < -0.39 is 0 Å². The van der Waals surface area contributed by atoms with E-state index in [9.17, 15) is 4.79 Å². The first-order valence-corrected chi connectivity index (χ1v) is 5.74. The standard InChI is InChI=1S/C11H20N4O/c1-4-10-9(7-11(12)16)13-14-15(10)6-5-8(2)3/h8H,4-7H2,1-3H3,(H2,12,16). The van der Waals surface area contributed by atoms with Gasteiger partial charge < -0.3 is 5.73 Å². The highest BCUT2D eigenvalue weighted by atomic mass is 16.1. The fourth-order valence-corrected chi connectivity index (χ4v) is 1.62. The number of aryl methyl sites for hydroxylation is 1. The van der Waals surface area contributed by atoms with E-state index in [1.54, 1.807) is 0 Å². The number of carbonyl (C=O) groups is 1. The number of carbonyl (C=O) groups excluding carboxylic acids is 1. The predicted molar refractivity (Wildman–Crippen MR) is 61.8 cm³/mol. The Balaban J connectivity index is 2.77. The van der Waals surface area contributed by atoms with Crippen molar-refractivity contribution in [3.05, 3.63) is 11.4 Å². The van der Waals surface area contributed by atoms with Crippen LogP contribution in [-0.2, 0) is 24.2 Å². The Bertz CT molecular complexity index is 357. The van der Waals surface area contributed by atoms with E-state index in [4.69, 9.17) is 5.73 Å². The van der Waals surface area contributed by atoms with Gasteiger partial charge in [-0.15, -0.1) is 5.10 Å². The Morgan fingerprint density at radius 1 is 1.50 bits per heavy atom. The van der Waals surface area contributed by atoms with Crippen LogP contribution in [0.2, 0.25) is 0 Å². The number of hydrogen-bond acceptors (Lipinski definition) is 3. The number of aromatic nitrogens is 3. The largest absolute Gasteiger partial charge is 0.369 e. The zero-order valence-electron chi connectivity index (χ0n) is 10.2. The summed E-state index contributed by atoms with van der Waals surface area (Å²) in [5.41, 5.74) is 6.91. The molecule has 0 saturated carbocycles. The monoisotopic (exact) mass is 224 g/mol. The second kappa shape index (κ2) is 5.63. The molecule has 0 saturated heterocycles. The summed E-state index contributed by atoms with van der Waals surface area (Å²) in [6, 6.07) is 0. The van der Waals surface area contributed by atoms with Crippen LogP contribution in [0.1, 0.15) is 38.6 Å². The Kier molecular flexibility index (Phi) is 4.46. The molecular formula is C11H20N4O. The zero-order chi connectivity index (χ0) is 12.1. The lowest BCUT2D eigenvalue weighted by Crippen LogP contribution is -2.15. The van der Waals surface area contributed by atoms with Crippen LogP contribution in [0.3, 0.4) is 0 Å². The first-order valence-electron chi connectivity index (χ1n) is 5.74. The maximum absolute atomic E-state index is 10.9. The van der Waals surface area contributed by atoms with Gasteiger partial charge in [-0.05, 0) is 18.8 Å². The minimum Gasteiger partial charge on any atom is -0.369 e. The van der Waals surface area contributed by atoms with Crippen LogP contribution < -0.4 is 5.73 Å². The van der Waals surface area contributed by atoms with Gasteiger partial charge in [-0.1, -0.05) is 26.0 Å². The number of amides is 1. The van der Waals surface area contributed by atoms with Crippen molar-refractivity contribution in [3.63, 3.8) is 0 Å². The van der Waals surface area contributed by atoms with E-state index in [-0.39, 0.29) is 12.3 Å². The average molecular weight is 224 g/mol. The first-order chi connectivity index (χ1) is 7.54. The van der Waals surface area contributed by atoms with Gasteiger partial charge in [0.05, 0.1) is 17.8 Å². The van der Waals surface area contributed by atoms with Gasteiger partial charge in [0.2, 0.25) is 5.91 Å². The molecule has 5 heteroatoms. The summed E-state index contributed by atoms with van der Waals surface area (Å²) >= 11 is 0. The van der Waals surface area contributed by atoms with Crippen LogP contribution in [-0.4, -0.2) is 20.9 Å². The maximum atomic E-state index is 10.9. The van der Waals surface area contributed by atoms with Crippen molar-refractivity contribution >= 4 is 5.91 Å². The van der Waals surface area contributed by atoms with Crippen LogP contribution in [0.25, 0.3) is 0 Å². The molecule has 1 heterocycles. The smallest absolute Gasteiger partial charge is 0.223 e. The zero-order valence-corrected chi connectivity index (χ0v) is 10.2. The first kappa shape index (κ1) is 12.7. The lowest BCUT2D eigenvalue weighted by Gasteiger charge is -2.07. The highest BCUT2D eigenvalue weighted by Crippen LogP contribution is 2.10. The fraction of sp³-hybridized carbons (Fsp3) is 0.727. The summed E-state index contributed by atoms with van der Waals surface area (Å²) in [6.07, 6.45) is 2.07. The summed E-state index contributed by atoms with van der Waals surface area (Å²) < 4.78 is 1.89. The average Bonchev–Trinajstić information content (AvgIpc) is 2.56. The number of rotatable bonds is 6. The third-order valence-electron chi connectivity index (χ3n) is 2.51. The molecule has 0 fully saturated rings. The van der Waals surface area contributed by atoms with Gasteiger partial charge in [-0.2, -0.15) is 0 Å². The lowest BCUT2D eigenvalue weighted by molar-refractivity contribution is -0.117. The summed E-state index contributed by atoms with van der Waals surface area (Å²) in [4.78, 5) is 10.9. The normalized spacial score (nSPS) is 11.0. The molecule has 0 aliphatic carbocycles. The van der Waals surface area contributed by atoms with Crippen molar-refractivity contribution in [2.45, 2.75) is 46.6 Å². The molecule has 1 rings (SSSR count).